The molecular weight excluding hydrogens is 350 g/mol. The Balaban J connectivity index is 1.38. The van der Waals surface area contributed by atoms with Crippen LogP contribution < -0.4 is 15.4 Å². The van der Waals surface area contributed by atoms with Gasteiger partial charge in [-0.1, -0.05) is 30.3 Å². The molecule has 2 aromatic carbocycles. The van der Waals surface area contributed by atoms with Crippen molar-refractivity contribution in [2.75, 3.05) is 20.1 Å². The van der Waals surface area contributed by atoms with Crippen molar-refractivity contribution >= 4 is 17.0 Å². The van der Waals surface area contributed by atoms with Crippen LogP contribution in [0.25, 0.3) is 11.0 Å². The maximum atomic E-state index is 5.99. The number of imidazole rings is 1. The van der Waals surface area contributed by atoms with Gasteiger partial charge >= 0.3 is 0 Å². The molecule has 3 rings (SSSR count). The van der Waals surface area contributed by atoms with Gasteiger partial charge in [0.05, 0.1) is 17.6 Å². The number of guanidine groups is 1. The highest BCUT2D eigenvalue weighted by Crippen LogP contribution is 2.17. The summed E-state index contributed by atoms with van der Waals surface area (Å²) in [5, 5.41) is 6.67. The first-order valence-corrected chi connectivity index (χ1v) is 9.76. The maximum absolute atomic E-state index is 5.99. The van der Waals surface area contributed by atoms with E-state index in [4.69, 9.17) is 4.74 Å². The van der Waals surface area contributed by atoms with Gasteiger partial charge in [-0.25, -0.2) is 4.98 Å². The molecule has 148 valence electrons. The van der Waals surface area contributed by atoms with E-state index in [1.54, 1.807) is 7.05 Å². The molecule has 1 aromatic heterocycles. The predicted molar refractivity (Wildman–Crippen MR) is 115 cm³/mol. The lowest BCUT2D eigenvalue weighted by Gasteiger charge is -2.18. The number of aromatic nitrogens is 2. The van der Waals surface area contributed by atoms with Gasteiger partial charge in [0.2, 0.25) is 0 Å². The SMILES string of the molecule is CN=C(NCCCc1nc2ccccc2[nH]1)NCC(C)Oc1ccccc1C. The fourth-order valence-corrected chi connectivity index (χ4v) is 2.99. The molecule has 0 spiro atoms. The van der Waals surface area contributed by atoms with Crippen LogP contribution in [0.2, 0.25) is 0 Å². The molecule has 0 radical (unpaired) electrons. The molecule has 3 aromatic rings. The zero-order valence-corrected chi connectivity index (χ0v) is 16.8. The van der Waals surface area contributed by atoms with E-state index in [-0.39, 0.29) is 6.10 Å². The van der Waals surface area contributed by atoms with E-state index in [1.807, 2.05) is 43.3 Å². The normalized spacial score (nSPS) is 12.8. The summed E-state index contributed by atoms with van der Waals surface area (Å²) in [5.41, 5.74) is 3.25. The fourth-order valence-electron chi connectivity index (χ4n) is 2.99. The van der Waals surface area contributed by atoms with Crippen molar-refractivity contribution in [1.82, 2.24) is 20.6 Å². The van der Waals surface area contributed by atoms with E-state index in [2.05, 4.69) is 44.7 Å². The minimum Gasteiger partial charge on any atom is -0.489 e. The van der Waals surface area contributed by atoms with Gasteiger partial charge in [-0.2, -0.15) is 0 Å². The van der Waals surface area contributed by atoms with E-state index in [0.717, 1.165) is 53.5 Å². The number of hydrogen-bond acceptors (Lipinski definition) is 3. The summed E-state index contributed by atoms with van der Waals surface area (Å²) in [6.45, 7) is 5.60. The molecule has 1 unspecified atom stereocenters. The minimum atomic E-state index is 0.0372. The fraction of sp³-hybridized carbons (Fsp3) is 0.364. The molecule has 0 aliphatic carbocycles. The van der Waals surface area contributed by atoms with E-state index in [0.29, 0.717) is 6.54 Å². The molecular formula is C22H29N5O. The molecule has 1 atom stereocenters. The van der Waals surface area contributed by atoms with Crippen molar-refractivity contribution in [3.8, 4) is 5.75 Å². The van der Waals surface area contributed by atoms with Gasteiger partial charge in [-0.05, 0) is 44.0 Å². The monoisotopic (exact) mass is 379 g/mol. The van der Waals surface area contributed by atoms with Crippen LogP contribution in [0, 0.1) is 6.92 Å². The molecule has 0 saturated carbocycles. The number of aryl methyl sites for hydroxylation is 2. The zero-order chi connectivity index (χ0) is 19.8. The van der Waals surface area contributed by atoms with Crippen LogP contribution in [0.5, 0.6) is 5.75 Å². The molecule has 0 aliphatic rings. The second kappa shape index (κ2) is 9.78. The summed E-state index contributed by atoms with van der Waals surface area (Å²) >= 11 is 0. The Kier molecular flexibility index (Phi) is 6.89. The number of fused-ring (bicyclic) bond motifs is 1. The number of hydrogen-bond donors (Lipinski definition) is 3. The minimum absolute atomic E-state index is 0.0372. The molecule has 0 saturated heterocycles. The van der Waals surface area contributed by atoms with Crippen LogP contribution >= 0.6 is 0 Å². The first-order valence-electron chi connectivity index (χ1n) is 9.76. The molecule has 0 aliphatic heterocycles. The Morgan fingerprint density at radius 2 is 1.93 bits per heavy atom. The number of para-hydroxylation sites is 3. The van der Waals surface area contributed by atoms with Gasteiger partial charge in [0.1, 0.15) is 17.7 Å². The lowest BCUT2D eigenvalue weighted by molar-refractivity contribution is 0.222. The number of rotatable bonds is 8. The summed E-state index contributed by atoms with van der Waals surface area (Å²) < 4.78 is 5.99. The number of nitrogens with zero attached hydrogens (tertiary/aromatic N) is 2. The molecule has 6 nitrogen and oxygen atoms in total. The Labute approximate surface area is 166 Å². The van der Waals surface area contributed by atoms with Crippen LogP contribution in [0.3, 0.4) is 0 Å². The molecule has 28 heavy (non-hydrogen) atoms. The average Bonchev–Trinajstić information content (AvgIpc) is 3.12. The van der Waals surface area contributed by atoms with Crippen LogP contribution in [0.4, 0.5) is 0 Å². The van der Waals surface area contributed by atoms with Crippen molar-refractivity contribution in [2.45, 2.75) is 32.8 Å². The second-order valence-corrected chi connectivity index (χ2v) is 6.88. The van der Waals surface area contributed by atoms with Crippen molar-refractivity contribution in [2.24, 2.45) is 4.99 Å². The summed E-state index contributed by atoms with van der Waals surface area (Å²) in [6.07, 6.45) is 1.90. The molecule has 0 fully saturated rings. The molecule has 1 heterocycles. The lowest BCUT2D eigenvalue weighted by atomic mass is 10.2. The molecule has 3 N–H and O–H groups in total. The maximum Gasteiger partial charge on any atom is 0.191 e. The standard InChI is InChI=1S/C22H29N5O/c1-16-9-4-7-12-20(16)28-17(2)15-25-22(23-3)24-14-8-13-21-26-18-10-5-6-11-19(18)27-21/h4-7,9-12,17H,8,13-15H2,1-3H3,(H,26,27)(H2,23,24,25). The van der Waals surface area contributed by atoms with Crippen LogP contribution in [-0.4, -0.2) is 42.2 Å². The number of H-pyrrole nitrogens is 1. The van der Waals surface area contributed by atoms with Crippen molar-refractivity contribution < 1.29 is 4.74 Å². The van der Waals surface area contributed by atoms with Gasteiger partial charge in [0.25, 0.3) is 0 Å². The number of nitrogens with one attached hydrogen (secondary N) is 3. The van der Waals surface area contributed by atoms with Crippen LogP contribution in [0.15, 0.2) is 53.5 Å². The quantitative estimate of drug-likeness (QED) is 0.318. The van der Waals surface area contributed by atoms with Gasteiger partial charge in [-0.15, -0.1) is 0 Å². The predicted octanol–water partition coefficient (Wildman–Crippen LogP) is 3.44. The number of benzene rings is 2. The van der Waals surface area contributed by atoms with Gasteiger partial charge in [0.15, 0.2) is 5.96 Å². The Hall–Kier alpha value is -3.02. The van der Waals surface area contributed by atoms with Gasteiger partial charge < -0.3 is 20.4 Å². The third-order valence-corrected chi connectivity index (χ3v) is 4.52. The smallest absolute Gasteiger partial charge is 0.191 e. The summed E-state index contributed by atoms with van der Waals surface area (Å²) in [6, 6.07) is 16.2. The summed E-state index contributed by atoms with van der Waals surface area (Å²) in [4.78, 5) is 12.3. The van der Waals surface area contributed by atoms with E-state index < -0.39 is 0 Å². The highest BCUT2D eigenvalue weighted by atomic mass is 16.5. The van der Waals surface area contributed by atoms with Crippen molar-refractivity contribution in [1.29, 1.82) is 0 Å². The topological polar surface area (TPSA) is 74.3 Å². The Bertz CT molecular complexity index is 885. The van der Waals surface area contributed by atoms with Crippen LogP contribution in [-0.2, 0) is 6.42 Å². The molecule has 6 heteroatoms. The average molecular weight is 380 g/mol. The van der Waals surface area contributed by atoms with Gasteiger partial charge in [0, 0.05) is 20.0 Å². The Morgan fingerprint density at radius 3 is 2.71 bits per heavy atom. The van der Waals surface area contributed by atoms with Crippen LogP contribution in [0.1, 0.15) is 24.7 Å². The highest BCUT2D eigenvalue weighted by Gasteiger charge is 2.07. The first-order chi connectivity index (χ1) is 13.7. The summed E-state index contributed by atoms with van der Waals surface area (Å²) in [5.74, 6) is 2.72. The van der Waals surface area contributed by atoms with Crippen molar-refractivity contribution in [3.63, 3.8) is 0 Å². The van der Waals surface area contributed by atoms with E-state index in [1.165, 1.54) is 0 Å². The van der Waals surface area contributed by atoms with E-state index >= 15 is 0 Å². The largest absolute Gasteiger partial charge is 0.489 e. The molecule has 0 amide bonds. The highest BCUT2D eigenvalue weighted by molar-refractivity contribution is 5.79. The lowest BCUT2D eigenvalue weighted by Crippen LogP contribution is -2.42. The number of ether oxygens (including phenoxy) is 1. The number of aromatic amines is 1. The third-order valence-electron chi connectivity index (χ3n) is 4.52. The summed E-state index contributed by atoms with van der Waals surface area (Å²) in [7, 11) is 1.78. The Morgan fingerprint density at radius 1 is 1.14 bits per heavy atom. The second-order valence-electron chi connectivity index (χ2n) is 6.88. The first kappa shape index (κ1) is 19.7. The van der Waals surface area contributed by atoms with E-state index in [9.17, 15) is 0 Å². The van der Waals surface area contributed by atoms with Crippen molar-refractivity contribution in [3.05, 3.63) is 59.9 Å². The zero-order valence-electron chi connectivity index (χ0n) is 16.8. The number of aliphatic imine (C=N–C) groups is 1. The molecule has 0 bridgehead atoms. The third kappa shape index (κ3) is 5.49. The van der Waals surface area contributed by atoms with Gasteiger partial charge in [-0.3, -0.25) is 4.99 Å².